The van der Waals surface area contributed by atoms with Crippen molar-refractivity contribution in [2.24, 2.45) is 5.92 Å². The van der Waals surface area contributed by atoms with Gasteiger partial charge in [-0.15, -0.1) is 0 Å². The molecule has 1 aromatic rings. The van der Waals surface area contributed by atoms with Gasteiger partial charge in [-0.1, -0.05) is 0 Å². The van der Waals surface area contributed by atoms with Gasteiger partial charge < -0.3 is 19.7 Å². The molecule has 0 bridgehead atoms. The van der Waals surface area contributed by atoms with Crippen LogP contribution in [0.15, 0.2) is 29.5 Å². The van der Waals surface area contributed by atoms with Gasteiger partial charge in [-0.2, -0.15) is 0 Å². The highest BCUT2D eigenvalue weighted by atomic mass is 16.5. The standard InChI is InChI=1S/C19H23N3O4/c1-21-15-10-22(9-11-4-5-11)18(23)16(15)17(20-19(21)24)12-6-13(25-2)8-14(7-12)26-3/h6-8,11,17H,4-5,9-10H2,1-3H3,(H,20,24)/t17-/m1/s1. The van der Waals surface area contributed by atoms with Crippen molar-refractivity contribution in [3.05, 3.63) is 35.0 Å². The lowest BCUT2D eigenvalue weighted by atomic mass is 9.95. The molecule has 2 heterocycles. The van der Waals surface area contributed by atoms with Crippen molar-refractivity contribution in [3.63, 3.8) is 0 Å². The van der Waals surface area contributed by atoms with Gasteiger partial charge in [-0.05, 0) is 36.5 Å². The highest BCUT2D eigenvalue weighted by Gasteiger charge is 2.44. The number of hydrogen-bond acceptors (Lipinski definition) is 4. The average molecular weight is 357 g/mol. The van der Waals surface area contributed by atoms with E-state index in [-0.39, 0.29) is 11.9 Å². The Kier molecular flexibility index (Phi) is 4.01. The van der Waals surface area contributed by atoms with Crippen LogP contribution in [0.25, 0.3) is 0 Å². The van der Waals surface area contributed by atoms with E-state index >= 15 is 0 Å². The molecule has 7 nitrogen and oxygen atoms in total. The summed E-state index contributed by atoms with van der Waals surface area (Å²) in [6.07, 6.45) is 2.36. The van der Waals surface area contributed by atoms with Crippen LogP contribution >= 0.6 is 0 Å². The number of carbonyl (C=O) groups is 2. The number of benzene rings is 1. The molecule has 4 rings (SSSR count). The Balaban J connectivity index is 1.73. The molecule has 0 aromatic heterocycles. The fraction of sp³-hybridized carbons (Fsp3) is 0.474. The van der Waals surface area contributed by atoms with E-state index in [4.69, 9.17) is 9.47 Å². The first kappa shape index (κ1) is 16.8. The van der Waals surface area contributed by atoms with Crippen LogP contribution in [0.1, 0.15) is 24.4 Å². The van der Waals surface area contributed by atoms with Gasteiger partial charge in [0.15, 0.2) is 0 Å². The summed E-state index contributed by atoms with van der Waals surface area (Å²) in [6, 6.07) is 4.72. The minimum atomic E-state index is -0.505. The van der Waals surface area contributed by atoms with E-state index in [0.717, 1.165) is 17.8 Å². The van der Waals surface area contributed by atoms with E-state index in [9.17, 15) is 9.59 Å². The summed E-state index contributed by atoms with van der Waals surface area (Å²) in [4.78, 5) is 29.0. The molecular formula is C19H23N3O4. The Bertz CT molecular complexity index is 778. The molecular weight excluding hydrogens is 334 g/mol. The number of ether oxygens (including phenoxy) is 2. The monoisotopic (exact) mass is 357 g/mol. The van der Waals surface area contributed by atoms with Gasteiger partial charge in [-0.3, -0.25) is 9.69 Å². The molecule has 1 atom stereocenters. The van der Waals surface area contributed by atoms with E-state index in [1.165, 1.54) is 12.8 Å². The SMILES string of the molecule is COc1cc(OC)cc([C@H]2NC(=O)N(C)C3=C2C(=O)N(CC2CC2)C3)c1. The van der Waals surface area contributed by atoms with Crippen molar-refractivity contribution < 1.29 is 19.1 Å². The van der Waals surface area contributed by atoms with E-state index in [0.29, 0.717) is 29.5 Å². The zero-order valence-electron chi connectivity index (χ0n) is 15.2. The molecule has 1 aromatic carbocycles. The van der Waals surface area contributed by atoms with Crippen LogP contribution in [0, 0.1) is 5.92 Å². The van der Waals surface area contributed by atoms with Gasteiger partial charge in [0.05, 0.1) is 38.1 Å². The Labute approximate surface area is 152 Å². The zero-order chi connectivity index (χ0) is 18.4. The Hall–Kier alpha value is -2.70. The third-order valence-electron chi connectivity index (χ3n) is 5.32. The van der Waals surface area contributed by atoms with E-state index in [1.807, 2.05) is 17.0 Å². The lowest BCUT2D eigenvalue weighted by molar-refractivity contribution is -0.126. The fourth-order valence-corrected chi connectivity index (χ4v) is 3.63. The smallest absolute Gasteiger partial charge is 0.322 e. The largest absolute Gasteiger partial charge is 0.497 e. The maximum atomic E-state index is 13.1. The predicted octanol–water partition coefficient (Wildman–Crippen LogP) is 1.91. The van der Waals surface area contributed by atoms with Crippen molar-refractivity contribution in [1.82, 2.24) is 15.1 Å². The first-order valence-corrected chi connectivity index (χ1v) is 8.81. The third kappa shape index (κ3) is 2.77. The maximum Gasteiger partial charge on any atom is 0.322 e. The van der Waals surface area contributed by atoms with Crippen LogP contribution in [0.3, 0.4) is 0 Å². The van der Waals surface area contributed by atoms with Crippen molar-refractivity contribution in [3.8, 4) is 11.5 Å². The van der Waals surface area contributed by atoms with Crippen molar-refractivity contribution in [2.45, 2.75) is 18.9 Å². The van der Waals surface area contributed by atoms with Gasteiger partial charge in [0, 0.05) is 19.7 Å². The number of likely N-dealkylation sites (N-methyl/N-ethyl adjacent to an activating group) is 1. The molecule has 0 spiro atoms. The Morgan fingerprint density at radius 3 is 2.35 bits per heavy atom. The number of nitrogens with one attached hydrogen (secondary N) is 1. The van der Waals surface area contributed by atoms with Gasteiger partial charge >= 0.3 is 6.03 Å². The minimum absolute atomic E-state index is 0.00513. The highest BCUT2D eigenvalue weighted by molar-refractivity contribution is 6.01. The van der Waals surface area contributed by atoms with Gasteiger partial charge in [0.1, 0.15) is 11.5 Å². The van der Waals surface area contributed by atoms with Crippen molar-refractivity contribution in [1.29, 1.82) is 0 Å². The van der Waals surface area contributed by atoms with Gasteiger partial charge in [-0.25, -0.2) is 4.79 Å². The lowest BCUT2D eigenvalue weighted by Crippen LogP contribution is -2.45. The second-order valence-electron chi connectivity index (χ2n) is 7.08. The number of carbonyl (C=O) groups excluding carboxylic acids is 2. The summed E-state index contributed by atoms with van der Waals surface area (Å²) in [7, 11) is 4.87. The number of rotatable bonds is 5. The second-order valence-corrected chi connectivity index (χ2v) is 7.08. The van der Waals surface area contributed by atoms with Gasteiger partial charge in [0.25, 0.3) is 5.91 Å². The third-order valence-corrected chi connectivity index (χ3v) is 5.32. The summed E-state index contributed by atoms with van der Waals surface area (Å²) in [6.45, 7) is 1.26. The molecule has 7 heteroatoms. The summed E-state index contributed by atoms with van der Waals surface area (Å²) >= 11 is 0. The molecule has 26 heavy (non-hydrogen) atoms. The normalized spacial score (nSPS) is 22.5. The maximum absolute atomic E-state index is 13.1. The minimum Gasteiger partial charge on any atom is -0.497 e. The lowest BCUT2D eigenvalue weighted by Gasteiger charge is -2.31. The zero-order valence-corrected chi connectivity index (χ0v) is 15.2. The molecule has 2 aliphatic heterocycles. The molecule has 0 saturated heterocycles. The van der Waals surface area contributed by atoms with Crippen LogP contribution in [0.4, 0.5) is 4.79 Å². The predicted molar refractivity (Wildman–Crippen MR) is 94.9 cm³/mol. The van der Waals surface area contributed by atoms with Crippen molar-refractivity contribution in [2.75, 3.05) is 34.4 Å². The Morgan fingerprint density at radius 1 is 1.12 bits per heavy atom. The summed E-state index contributed by atoms with van der Waals surface area (Å²) in [5.74, 6) is 1.85. The van der Waals surface area contributed by atoms with Crippen LogP contribution < -0.4 is 14.8 Å². The molecule has 3 amide bonds. The molecule has 1 fully saturated rings. The number of nitrogens with zero attached hydrogens (tertiary/aromatic N) is 2. The first-order valence-electron chi connectivity index (χ1n) is 8.81. The topological polar surface area (TPSA) is 71.1 Å². The summed E-state index contributed by atoms with van der Waals surface area (Å²) < 4.78 is 10.7. The van der Waals surface area contributed by atoms with Crippen LogP contribution in [0.2, 0.25) is 0 Å². The molecule has 3 aliphatic rings. The quantitative estimate of drug-likeness (QED) is 0.874. The number of hydrogen-bond donors (Lipinski definition) is 1. The van der Waals surface area contributed by atoms with Gasteiger partial charge in [0.2, 0.25) is 0 Å². The van der Waals surface area contributed by atoms with Crippen LogP contribution in [0.5, 0.6) is 11.5 Å². The molecule has 138 valence electrons. The Morgan fingerprint density at radius 2 is 1.77 bits per heavy atom. The molecule has 1 saturated carbocycles. The average Bonchev–Trinajstić information content (AvgIpc) is 3.41. The second kappa shape index (κ2) is 6.23. The molecule has 1 N–H and O–H groups in total. The number of urea groups is 1. The van der Waals surface area contributed by atoms with E-state index in [1.54, 1.807) is 32.2 Å². The number of amides is 3. The molecule has 0 unspecified atom stereocenters. The first-order chi connectivity index (χ1) is 12.5. The molecule has 1 aliphatic carbocycles. The van der Waals surface area contributed by atoms with E-state index in [2.05, 4.69) is 5.32 Å². The van der Waals surface area contributed by atoms with E-state index < -0.39 is 6.04 Å². The summed E-state index contributed by atoms with van der Waals surface area (Å²) in [5.41, 5.74) is 2.20. The molecule has 0 radical (unpaired) electrons. The van der Waals surface area contributed by atoms with Crippen LogP contribution in [-0.2, 0) is 4.79 Å². The highest BCUT2D eigenvalue weighted by Crippen LogP contribution is 2.39. The fourth-order valence-electron chi connectivity index (χ4n) is 3.63. The van der Waals surface area contributed by atoms with Crippen LogP contribution in [-0.4, -0.2) is 56.1 Å². The number of methoxy groups -OCH3 is 2. The van der Waals surface area contributed by atoms with Crippen molar-refractivity contribution >= 4 is 11.9 Å². The summed E-state index contributed by atoms with van der Waals surface area (Å²) in [5, 5.41) is 2.95.